The molecule has 0 aromatic rings. The highest BCUT2D eigenvalue weighted by molar-refractivity contribution is 4.95. The van der Waals surface area contributed by atoms with E-state index in [0.29, 0.717) is 5.92 Å². The Hall–Kier alpha value is -0.590. The lowest BCUT2D eigenvalue weighted by molar-refractivity contribution is 0.0559. The Labute approximate surface area is 79.0 Å². The molecule has 1 aliphatic carbocycles. The van der Waals surface area contributed by atoms with E-state index in [4.69, 9.17) is 10.4 Å². The maximum atomic E-state index is 9.55. The summed E-state index contributed by atoms with van der Waals surface area (Å²) < 4.78 is 0. The number of hydrogen-bond donors (Lipinski definition) is 2. The predicted molar refractivity (Wildman–Crippen MR) is 48.8 cm³/mol. The zero-order valence-corrected chi connectivity index (χ0v) is 7.82. The summed E-state index contributed by atoms with van der Waals surface area (Å²) in [6.45, 7) is 0.185. The van der Waals surface area contributed by atoms with Gasteiger partial charge in [-0.25, -0.2) is 0 Å². The fraction of sp³-hybridized carbons (Fsp3) is 0.900. The van der Waals surface area contributed by atoms with Crippen LogP contribution in [0.15, 0.2) is 0 Å². The van der Waals surface area contributed by atoms with E-state index in [1.165, 1.54) is 0 Å². The summed E-state index contributed by atoms with van der Waals surface area (Å²) in [4.78, 5) is 0. The average Bonchev–Trinajstić information content (AvgIpc) is 2.15. The zero-order valence-electron chi connectivity index (χ0n) is 7.82. The fourth-order valence-electron chi connectivity index (χ4n) is 2.13. The molecule has 0 spiro atoms. The Morgan fingerprint density at radius 1 is 1.38 bits per heavy atom. The topological polar surface area (TPSA) is 64.2 Å². The first-order valence-corrected chi connectivity index (χ1v) is 4.98. The summed E-state index contributed by atoms with van der Waals surface area (Å²) in [7, 11) is 0. The van der Waals surface area contributed by atoms with Crippen molar-refractivity contribution in [3.63, 3.8) is 0 Å². The van der Waals surface area contributed by atoms with Crippen molar-refractivity contribution >= 4 is 0 Å². The molecular formula is C10H17NO2. The predicted octanol–water partition coefficient (Wildman–Crippen LogP) is 1.06. The van der Waals surface area contributed by atoms with E-state index in [2.05, 4.69) is 6.07 Å². The Balaban J connectivity index is 2.45. The van der Waals surface area contributed by atoms with Crippen LogP contribution < -0.4 is 0 Å². The second-order valence-corrected chi connectivity index (χ2v) is 3.78. The Kier molecular flexibility index (Phi) is 4.20. The van der Waals surface area contributed by atoms with E-state index in [-0.39, 0.29) is 12.5 Å². The third kappa shape index (κ3) is 2.68. The third-order valence-corrected chi connectivity index (χ3v) is 2.88. The van der Waals surface area contributed by atoms with Crippen LogP contribution in [0.3, 0.4) is 0 Å². The molecule has 74 valence electrons. The van der Waals surface area contributed by atoms with Crippen LogP contribution in [0.5, 0.6) is 0 Å². The molecule has 0 amide bonds. The maximum Gasteiger partial charge on any atom is 0.0750 e. The van der Waals surface area contributed by atoms with Crippen molar-refractivity contribution < 1.29 is 10.2 Å². The van der Waals surface area contributed by atoms with Crippen molar-refractivity contribution in [1.82, 2.24) is 0 Å². The normalized spacial score (nSPS) is 34.1. The molecule has 0 aromatic carbocycles. The minimum Gasteiger partial charge on any atom is -0.396 e. The molecule has 0 aliphatic heterocycles. The van der Waals surface area contributed by atoms with Crippen molar-refractivity contribution in [2.45, 2.75) is 38.2 Å². The van der Waals surface area contributed by atoms with Crippen LogP contribution in [0.4, 0.5) is 0 Å². The van der Waals surface area contributed by atoms with E-state index in [9.17, 15) is 5.11 Å². The van der Waals surface area contributed by atoms with Crippen LogP contribution in [0, 0.1) is 23.2 Å². The van der Waals surface area contributed by atoms with Gasteiger partial charge in [-0.15, -0.1) is 0 Å². The lowest BCUT2D eigenvalue weighted by atomic mass is 9.76. The van der Waals surface area contributed by atoms with Gasteiger partial charge in [-0.3, -0.25) is 0 Å². The second kappa shape index (κ2) is 5.21. The second-order valence-electron chi connectivity index (χ2n) is 3.78. The van der Waals surface area contributed by atoms with Gasteiger partial charge in [0.1, 0.15) is 0 Å². The molecule has 0 bridgehead atoms. The largest absolute Gasteiger partial charge is 0.396 e. The minimum absolute atomic E-state index is 0.185. The number of nitriles is 1. The van der Waals surface area contributed by atoms with Crippen LogP contribution in [0.1, 0.15) is 32.1 Å². The lowest BCUT2D eigenvalue weighted by Gasteiger charge is -2.30. The number of hydrogen-bond acceptors (Lipinski definition) is 3. The SMILES string of the molecule is N#C[C@H]1[C@H](CCCO)CCC[C@@H]1O. The lowest BCUT2D eigenvalue weighted by Crippen LogP contribution is -2.31. The molecule has 0 aromatic heterocycles. The summed E-state index contributed by atoms with van der Waals surface area (Å²) in [6.07, 6.45) is 3.96. The van der Waals surface area contributed by atoms with Gasteiger partial charge in [0.05, 0.1) is 18.1 Å². The standard InChI is InChI=1S/C10H17NO2/c11-7-9-8(4-2-6-12)3-1-5-10(9)13/h8-10,12-13H,1-6H2/t8-,9-,10-/m0/s1. The maximum absolute atomic E-state index is 9.55. The molecule has 3 atom stereocenters. The molecular weight excluding hydrogens is 166 g/mol. The Bertz CT molecular complexity index is 188. The quantitative estimate of drug-likeness (QED) is 0.687. The first kappa shape index (κ1) is 10.5. The molecule has 0 saturated heterocycles. The average molecular weight is 183 g/mol. The van der Waals surface area contributed by atoms with Gasteiger partial charge in [0.15, 0.2) is 0 Å². The highest BCUT2D eigenvalue weighted by Gasteiger charge is 2.31. The van der Waals surface area contributed by atoms with Crippen LogP contribution >= 0.6 is 0 Å². The number of aliphatic hydroxyl groups is 2. The van der Waals surface area contributed by atoms with Gasteiger partial charge in [-0.05, 0) is 31.6 Å². The molecule has 0 heterocycles. The highest BCUT2D eigenvalue weighted by atomic mass is 16.3. The number of rotatable bonds is 3. The molecule has 3 heteroatoms. The first-order valence-electron chi connectivity index (χ1n) is 4.98. The number of aliphatic hydroxyl groups excluding tert-OH is 2. The van der Waals surface area contributed by atoms with Gasteiger partial charge >= 0.3 is 0 Å². The molecule has 2 N–H and O–H groups in total. The Morgan fingerprint density at radius 2 is 2.15 bits per heavy atom. The summed E-state index contributed by atoms with van der Waals surface area (Å²) in [5.74, 6) is 0.0844. The van der Waals surface area contributed by atoms with Gasteiger partial charge in [-0.2, -0.15) is 5.26 Å². The van der Waals surface area contributed by atoms with E-state index in [1.54, 1.807) is 0 Å². The monoisotopic (exact) mass is 183 g/mol. The first-order chi connectivity index (χ1) is 6.29. The highest BCUT2D eigenvalue weighted by Crippen LogP contribution is 2.32. The molecule has 1 saturated carbocycles. The molecule has 0 unspecified atom stereocenters. The fourth-order valence-corrected chi connectivity index (χ4v) is 2.13. The summed E-state index contributed by atoms with van der Waals surface area (Å²) in [5.41, 5.74) is 0. The summed E-state index contributed by atoms with van der Waals surface area (Å²) in [6, 6.07) is 2.18. The zero-order chi connectivity index (χ0) is 9.68. The number of nitrogens with zero attached hydrogens (tertiary/aromatic N) is 1. The van der Waals surface area contributed by atoms with Gasteiger partial charge < -0.3 is 10.2 Å². The van der Waals surface area contributed by atoms with Gasteiger partial charge in [-0.1, -0.05) is 6.42 Å². The van der Waals surface area contributed by atoms with E-state index in [1.807, 2.05) is 0 Å². The van der Waals surface area contributed by atoms with E-state index >= 15 is 0 Å². The van der Waals surface area contributed by atoms with E-state index < -0.39 is 6.10 Å². The van der Waals surface area contributed by atoms with Crippen LogP contribution in [-0.4, -0.2) is 22.9 Å². The smallest absolute Gasteiger partial charge is 0.0750 e. The third-order valence-electron chi connectivity index (χ3n) is 2.88. The van der Waals surface area contributed by atoms with Crippen molar-refractivity contribution in [2.24, 2.45) is 11.8 Å². The minimum atomic E-state index is -0.442. The van der Waals surface area contributed by atoms with Gasteiger partial charge in [0.25, 0.3) is 0 Å². The van der Waals surface area contributed by atoms with Crippen LogP contribution in [0.25, 0.3) is 0 Å². The molecule has 1 aliphatic rings. The van der Waals surface area contributed by atoms with Crippen LogP contribution in [0.2, 0.25) is 0 Å². The van der Waals surface area contributed by atoms with Gasteiger partial charge in [0, 0.05) is 6.61 Å². The van der Waals surface area contributed by atoms with E-state index in [0.717, 1.165) is 32.1 Å². The molecule has 1 rings (SSSR count). The van der Waals surface area contributed by atoms with Gasteiger partial charge in [0.2, 0.25) is 0 Å². The Morgan fingerprint density at radius 3 is 2.77 bits per heavy atom. The van der Waals surface area contributed by atoms with Crippen molar-refractivity contribution in [3.8, 4) is 6.07 Å². The molecule has 13 heavy (non-hydrogen) atoms. The van der Waals surface area contributed by atoms with Crippen molar-refractivity contribution in [1.29, 1.82) is 5.26 Å². The van der Waals surface area contributed by atoms with Crippen molar-refractivity contribution in [2.75, 3.05) is 6.61 Å². The van der Waals surface area contributed by atoms with Crippen LogP contribution in [-0.2, 0) is 0 Å². The summed E-state index contributed by atoms with van der Waals surface area (Å²) in [5, 5.41) is 27.1. The van der Waals surface area contributed by atoms with Crippen molar-refractivity contribution in [3.05, 3.63) is 0 Å². The molecule has 0 radical (unpaired) electrons. The summed E-state index contributed by atoms with van der Waals surface area (Å²) >= 11 is 0. The molecule has 3 nitrogen and oxygen atoms in total. The molecule has 1 fully saturated rings.